The highest BCUT2D eigenvalue weighted by molar-refractivity contribution is 7.10. The van der Waals surface area contributed by atoms with Crippen molar-refractivity contribution in [2.45, 2.75) is 32.6 Å². The number of nitrogens with zero attached hydrogens (tertiary/aromatic N) is 1. The minimum Gasteiger partial charge on any atom is -0.464 e. The van der Waals surface area contributed by atoms with Crippen LogP contribution in [0, 0.1) is 5.92 Å². The van der Waals surface area contributed by atoms with E-state index in [1.807, 2.05) is 17.5 Å². The Morgan fingerprint density at radius 3 is 2.86 bits per heavy atom. The van der Waals surface area contributed by atoms with E-state index in [0.29, 0.717) is 12.5 Å². The highest BCUT2D eigenvalue weighted by Gasteiger charge is 2.31. The maximum Gasteiger partial charge on any atom is 0.314 e. The minimum absolute atomic E-state index is 0.0684. The summed E-state index contributed by atoms with van der Waals surface area (Å²) in [4.78, 5) is 15.9. The van der Waals surface area contributed by atoms with Crippen LogP contribution in [0.2, 0.25) is 0 Å². The summed E-state index contributed by atoms with van der Waals surface area (Å²) >= 11 is 1.65. The van der Waals surface area contributed by atoms with Crippen LogP contribution in [0.5, 0.6) is 0 Å². The maximum absolute atomic E-state index is 12.5. The largest absolute Gasteiger partial charge is 0.464 e. The molecule has 0 aromatic carbocycles. The second-order valence-electron chi connectivity index (χ2n) is 5.36. The number of likely N-dealkylation sites (N-methyl/N-ethyl adjacent to an activating group) is 1. The molecule has 1 aliphatic rings. The van der Waals surface area contributed by atoms with Crippen molar-refractivity contribution < 1.29 is 9.53 Å². The summed E-state index contributed by atoms with van der Waals surface area (Å²) in [6, 6.07) is 4.06. The van der Waals surface area contributed by atoms with Gasteiger partial charge in [-0.05, 0) is 43.3 Å². The molecule has 21 heavy (non-hydrogen) atoms. The van der Waals surface area contributed by atoms with Crippen molar-refractivity contribution in [1.82, 2.24) is 4.90 Å². The van der Waals surface area contributed by atoms with Crippen LogP contribution in [0.15, 0.2) is 29.7 Å². The lowest BCUT2D eigenvalue weighted by molar-refractivity contribution is -0.146. The molecule has 0 fully saturated rings. The highest BCUT2D eigenvalue weighted by atomic mass is 32.1. The molecule has 0 radical (unpaired) electrons. The van der Waals surface area contributed by atoms with E-state index in [1.54, 1.807) is 11.3 Å². The predicted octanol–water partition coefficient (Wildman–Crippen LogP) is 3.68. The highest BCUT2D eigenvalue weighted by Crippen LogP contribution is 2.36. The van der Waals surface area contributed by atoms with E-state index in [9.17, 15) is 4.79 Å². The number of hydrogen-bond acceptors (Lipinski definition) is 4. The number of carbonyl (C=O) groups excluding carboxylic acids is 1. The minimum atomic E-state index is -0.125. The molecule has 116 valence electrons. The van der Waals surface area contributed by atoms with Gasteiger partial charge in [0, 0.05) is 11.4 Å². The van der Waals surface area contributed by atoms with Gasteiger partial charge in [0.25, 0.3) is 0 Å². The first-order valence-corrected chi connectivity index (χ1v) is 8.73. The molecule has 2 atom stereocenters. The van der Waals surface area contributed by atoms with Crippen molar-refractivity contribution in [3.05, 3.63) is 34.5 Å². The second kappa shape index (κ2) is 8.35. The van der Waals surface area contributed by atoms with Gasteiger partial charge in [-0.1, -0.05) is 32.1 Å². The smallest absolute Gasteiger partial charge is 0.314 e. The monoisotopic (exact) mass is 307 g/mol. The van der Waals surface area contributed by atoms with Crippen LogP contribution in [-0.2, 0) is 9.53 Å². The Bertz CT molecular complexity index is 451. The normalized spacial score (nSPS) is 19.1. The van der Waals surface area contributed by atoms with Crippen LogP contribution < -0.4 is 0 Å². The zero-order valence-electron chi connectivity index (χ0n) is 13.0. The number of rotatable bonds is 8. The number of hydrogen-bond donors (Lipinski definition) is 0. The molecule has 2 unspecified atom stereocenters. The Morgan fingerprint density at radius 1 is 1.48 bits per heavy atom. The third-order valence-corrected chi connectivity index (χ3v) is 5.08. The summed E-state index contributed by atoms with van der Waals surface area (Å²) in [5, 5.41) is 2.03. The molecule has 1 aromatic rings. The Morgan fingerprint density at radius 2 is 2.29 bits per heavy atom. The predicted molar refractivity (Wildman–Crippen MR) is 87.7 cm³/mol. The van der Waals surface area contributed by atoms with Gasteiger partial charge in [-0.2, -0.15) is 0 Å². The summed E-state index contributed by atoms with van der Waals surface area (Å²) in [5.74, 6) is 0.103. The Labute approximate surface area is 131 Å². The molecule has 0 amide bonds. The molecule has 0 spiro atoms. The molecule has 1 aliphatic carbocycles. The third-order valence-electron chi connectivity index (χ3n) is 4.13. The maximum atomic E-state index is 12.5. The molecule has 4 heteroatoms. The number of esters is 1. The van der Waals surface area contributed by atoms with E-state index < -0.39 is 0 Å². The lowest BCUT2D eigenvalue weighted by Crippen LogP contribution is -2.29. The number of allylic oxidation sites excluding steroid dienone is 2. The van der Waals surface area contributed by atoms with Crippen molar-refractivity contribution in [3.8, 4) is 0 Å². The standard InChI is InChI=1S/C17H25NO2S/c1-3-18(4-2)11-12-20-17(19)16(14-8-5-6-9-14)15-10-7-13-21-15/h5,7-8,10,13-14,16H,3-4,6,9,11-12H2,1-2H3. The molecular weight excluding hydrogens is 282 g/mol. The van der Waals surface area contributed by atoms with E-state index >= 15 is 0 Å². The van der Waals surface area contributed by atoms with Crippen molar-refractivity contribution in [1.29, 1.82) is 0 Å². The van der Waals surface area contributed by atoms with E-state index in [2.05, 4.69) is 30.9 Å². The van der Waals surface area contributed by atoms with Crippen molar-refractivity contribution in [2.75, 3.05) is 26.2 Å². The number of ether oxygens (including phenoxy) is 1. The fourth-order valence-corrected chi connectivity index (χ4v) is 3.70. The molecule has 3 nitrogen and oxygen atoms in total. The first-order chi connectivity index (χ1) is 10.3. The molecule has 1 aromatic heterocycles. The van der Waals surface area contributed by atoms with E-state index in [1.165, 1.54) is 0 Å². The van der Waals surface area contributed by atoms with Gasteiger partial charge >= 0.3 is 5.97 Å². The van der Waals surface area contributed by atoms with Crippen LogP contribution in [0.4, 0.5) is 0 Å². The van der Waals surface area contributed by atoms with Gasteiger partial charge in [-0.25, -0.2) is 0 Å². The summed E-state index contributed by atoms with van der Waals surface area (Å²) < 4.78 is 5.57. The Hall–Kier alpha value is -1.13. The summed E-state index contributed by atoms with van der Waals surface area (Å²) in [6.07, 6.45) is 6.47. The lowest BCUT2D eigenvalue weighted by Gasteiger charge is -2.22. The average molecular weight is 307 g/mol. The molecule has 0 aliphatic heterocycles. The fourth-order valence-electron chi connectivity index (χ4n) is 2.81. The quantitative estimate of drug-likeness (QED) is 0.542. The molecule has 0 bridgehead atoms. The van der Waals surface area contributed by atoms with Gasteiger partial charge < -0.3 is 9.64 Å². The Kier molecular flexibility index (Phi) is 6.46. The summed E-state index contributed by atoms with van der Waals surface area (Å²) in [5.41, 5.74) is 0. The van der Waals surface area contributed by atoms with Gasteiger partial charge in [0.1, 0.15) is 6.61 Å². The van der Waals surface area contributed by atoms with Gasteiger partial charge in [-0.15, -0.1) is 11.3 Å². The first-order valence-electron chi connectivity index (χ1n) is 7.85. The summed E-state index contributed by atoms with van der Waals surface area (Å²) in [6.45, 7) is 7.54. The Balaban J connectivity index is 1.94. The molecule has 1 heterocycles. The van der Waals surface area contributed by atoms with E-state index in [0.717, 1.165) is 37.4 Å². The van der Waals surface area contributed by atoms with Gasteiger partial charge in [0.2, 0.25) is 0 Å². The fraction of sp³-hybridized carbons (Fsp3) is 0.588. The van der Waals surface area contributed by atoms with Gasteiger partial charge in [0.15, 0.2) is 0 Å². The number of thiophene rings is 1. The van der Waals surface area contributed by atoms with Gasteiger partial charge in [-0.3, -0.25) is 4.79 Å². The summed E-state index contributed by atoms with van der Waals surface area (Å²) in [7, 11) is 0. The topological polar surface area (TPSA) is 29.5 Å². The third kappa shape index (κ3) is 4.42. The molecule has 0 N–H and O–H groups in total. The van der Waals surface area contributed by atoms with Crippen LogP contribution in [-0.4, -0.2) is 37.1 Å². The van der Waals surface area contributed by atoms with Crippen molar-refractivity contribution in [2.24, 2.45) is 5.92 Å². The van der Waals surface area contributed by atoms with Crippen LogP contribution >= 0.6 is 11.3 Å². The second-order valence-corrected chi connectivity index (χ2v) is 6.34. The van der Waals surface area contributed by atoms with Crippen LogP contribution in [0.1, 0.15) is 37.5 Å². The van der Waals surface area contributed by atoms with Crippen molar-refractivity contribution in [3.63, 3.8) is 0 Å². The molecule has 0 saturated heterocycles. The zero-order chi connectivity index (χ0) is 15.1. The van der Waals surface area contributed by atoms with Gasteiger partial charge in [0.05, 0.1) is 5.92 Å². The SMILES string of the molecule is CCN(CC)CCOC(=O)C(c1cccs1)C1C=CCC1. The van der Waals surface area contributed by atoms with E-state index in [-0.39, 0.29) is 11.9 Å². The molecule has 2 rings (SSSR count). The average Bonchev–Trinajstić information content (AvgIpc) is 3.18. The molecule has 0 saturated carbocycles. The van der Waals surface area contributed by atoms with E-state index in [4.69, 9.17) is 4.74 Å². The van der Waals surface area contributed by atoms with Crippen molar-refractivity contribution >= 4 is 17.3 Å². The van der Waals surface area contributed by atoms with Crippen LogP contribution in [0.25, 0.3) is 0 Å². The first kappa shape index (κ1) is 16.2. The lowest BCUT2D eigenvalue weighted by atomic mass is 9.90. The zero-order valence-corrected chi connectivity index (χ0v) is 13.8. The molecular formula is C17H25NO2S. The van der Waals surface area contributed by atoms with Crippen LogP contribution in [0.3, 0.4) is 0 Å². The number of carbonyl (C=O) groups is 1.